The van der Waals surface area contributed by atoms with Gasteiger partial charge in [-0.05, 0) is 19.4 Å². The van der Waals surface area contributed by atoms with Gasteiger partial charge in [0.25, 0.3) is 0 Å². The highest BCUT2D eigenvalue weighted by molar-refractivity contribution is 7.09. The first-order valence-corrected chi connectivity index (χ1v) is 10.4. The number of ether oxygens (including phenoxy) is 1. The molecule has 1 atom stereocenters. The van der Waals surface area contributed by atoms with Crippen LogP contribution in [-0.2, 0) is 20.7 Å². The van der Waals surface area contributed by atoms with E-state index < -0.39 is 0 Å². The van der Waals surface area contributed by atoms with Gasteiger partial charge in [-0.2, -0.15) is 4.37 Å². The zero-order valence-electron chi connectivity index (χ0n) is 16.3. The van der Waals surface area contributed by atoms with Gasteiger partial charge in [0, 0.05) is 50.1 Å². The number of amides is 1. The Kier molecular flexibility index (Phi) is 6.97. The first kappa shape index (κ1) is 20.3. The molecule has 8 heteroatoms. The highest BCUT2D eigenvalue weighted by Gasteiger charge is 2.29. The fraction of sp³-hybridized carbons (Fsp3) is 0.500. The number of aromatic nitrogens is 2. The second-order valence-electron chi connectivity index (χ2n) is 6.84. The Hall–Kier alpha value is -2.48. The molecule has 0 bridgehead atoms. The standard InChI is InChI=1S/C20H26N4O3S/c1-3-27-19(26)10-9-18(25)24-12-11-23(14-15(24)2)20-21-17(22-28-20)13-16-7-5-4-6-8-16/h4-8,15H,3,9-14H2,1-2H3. The third kappa shape index (κ3) is 5.28. The van der Waals surface area contributed by atoms with Gasteiger partial charge in [0.15, 0.2) is 0 Å². The van der Waals surface area contributed by atoms with Gasteiger partial charge in [0.05, 0.1) is 13.0 Å². The number of piperazine rings is 1. The van der Waals surface area contributed by atoms with Crippen molar-refractivity contribution in [1.29, 1.82) is 0 Å². The largest absolute Gasteiger partial charge is 0.466 e. The van der Waals surface area contributed by atoms with Gasteiger partial charge in [0.1, 0.15) is 5.82 Å². The average molecular weight is 403 g/mol. The SMILES string of the molecule is CCOC(=O)CCC(=O)N1CCN(c2nc(Cc3ccccc3)ns2)CC1C. The number of esters is 1. The Morgan fingerprint density at radius 2 is 2.00 bits per heavy atom. The van der Waals surface area contributed by atoms with Crippen LogP contribution < -0.4 is 4.90 Å². The number of carbonyl (C=O) groups is 2. The van der Waals surface area contributed by atoms with Crippen molar-refractivity contribution in [2.45, 2.75) is 39.2 Å². The third-order valence-corrected chi connectivity index (χ3v) is 5.54. The van der Waals surface area contributed by atoms with Crippen LogP contribution in [0.5, 0.6) is 0 Å². The highest BCUT2D eigenvalue weighted by Crippen LogP contribution is 2.23. The van der Waals surface area contributed by atoms with Crippen LogP contribution in [-0.4, -0.2) is 58.4 Å². The van der Waals surface area contributed by atoms with Crippen LogP contribution in [0, 0.1) is 0 Å². The molecule has 150 valence electrons. The fourth-order valence-electron chi connectivity index (χ4n) is 3.31. The molecule has 0 N–H and O–H groups in total. The normalized spacial score (nSPS) is 16.9. The van der Waals surface area contributed by atoms with Gasteiger partial charge in [0.2, 0.25) is 11.0 Å². The molecule has 28 heavy (non-hydrogen) atoms. The molecule has 1 aliphatic rings. The first-order chi connectivity index (χ1) is 13.6. The van der Waals surface area contributed by atoms with E-state index >= 15 is 0 Å². The van der Waals surface area contributed by atoms with E-state index in [1.54, 1.807) is 6.92 Å². The maximum absolute atomic E-state index is 12.4. The third-order valence-electron chi connectivity index (χ3n) is 4.73. The Balaban J connectivity index is 1.52. The molecular weight excluding hydrogens is 376 g/mol. The minimum absolute atomic E-state index is 0.00207. The van der Waals surface area contributed by atoms with Gasteiger partial charge in [-0.1, -0.05) is 30.3 Å². The van der Waals surface area contributed by atoms with Crippen molar-refractivity contribution in [1.82, 2.24) is 14.3 Å². The molecule has 0 saturated carbocycles. The molecule has 2 heterocycles. The molecule has 7 nitrogen and oxygen atoms in total. The molecular formula is C20H26N4O3S. The lowest BCUT2D eigenvalue weighted by Crippen LogP contribution is -2.54. The minimum Gasteiger partial charge on any atom is -0.466 e. The zero-order valence-corrected chi connectivity index (χ0v) is 17.2. The van der Waals surface area contributed by atoms with Crippen LogP contribution in [0.1, 0.15) is 38.1 Å². The summed E-state index contributed by atoms with van der Waals surface area (Å²) >= 11 is 1.41. The first-order valence-electron chi connectivity index (χ1n) is 9.63. The van der Waals surface area contributed by atoms with E-state index in [0.717, 1.165) is 23.9 Å². The molecule has 1 aromatic heterocycles. The lowest BCUT2D eigenvalue weighted by atomic mass is 10.1. The van der Waals surface area contributed by atoms with Crippen molar-refractivity contribution in [2.24, 2.45) is 0 Å². The molecule has 1 amide bonds. The van der Waals surface area contributed by atoms with Crippen molar-refractivity contribution < 1.29 is 14.3 Å². The smallest absolute Gasteiger partial charge is 0.306 e. The van der Waals surface area contributed by atoms with E-state index in [1.165, 1.54) is 17.1 Å². The lowest BCUT2D eigenvalue weighted by molar-refractivity contribution is -0.146. The molecule has 1 aromatic carbocycles. The molecule has 3 rings (SSSR count). The fourth-order valence-corrected chi connectivity index (χ4v) is 4.03. The number of nitrogens with zero attached hydrogens (tertiary/aromatic N) is 4. The zero-order chi connectivity index (χ0) is 19.9. The van der Waals surface area contributed by atoms with Crippen molar-refractivity contribution >= 4 is 28.5 Å². The number of anilines is 1. The topological polar surface area (TPSA) is 75.6 Å². The van der Waals surface area contributed by atoms with E-state index in [9.17, 15) is 9.59 Å². The second-order valence-corrected chi connectivity index (χ2v) is 7.57. The number of carbonyl (C=O) groups excluding carboxylic acids is 2. The monoisotopic (exact) mass is 402 g/mol. The molecule has 0 aliphatic carbocycles. The number of hydrogen-bond acceptors (Lipinski definition) is 7. The summed E-state index contributed by atoms with van der Waals surface area (Å²) in [6.45, 7) is 6.19. The summed E-state index contributed by atoms with van der Waals surface area (Å²) in [6.07, 6.45) is 1.06. The maximum Gasteiger partial charge on any atom is 0.306 e. The van der Waals surface area contributed by atoms with Crippen molar-refractivity contribution in [3.05, 3.63) is 41.7 Å². The predicted octanol–water partition coefficient (Wildman–Crippen LogP) is 2.51. The summed E-state index contributed by atoms with van der Waals surface area (Å²) in [4.78, 5) is 32.6. The summed E-state index contributed by atoms with van der Waals surface area (Å²) < 4.78 is 9.38. The number of hydrogen-bond donors (Lipinski definition) is 0. The van der Waals surface area contributed by atoms with Crippen molar-refractivity contribution in [3.8, 4) is 0 Å². The molecule has 1 unspecified atom stereocenters. The second kappa shape index (κ2) is 9.64. The summed E-state index contributed by atoms with van der Waals surface area (Å²) in [6, 6.07) is 10.2. The van der Waals surface area contributed by atoms with Crippen LogP contribution in [0.4, 0.5) is 5.13 Å². The molecule has 2 aromatic rings. The molecule has 1 aliphatic heterocycles. The van der Waals surface area contributed by atoms with E-state index in [1.807, 2.05) is 30.0 Å². The van der Waals surface area contributed by atoms with Gasteiger partial charge < -0.3 is 14.5 Å². The molecule has 0 spiro atoms. The van der Waals surface area contributed by atoms with Crippen molar-refractivity contribution in [3.63, 3.8) is 0 Å². The Morgan fingerprint density at radius 1 is 1.21 bits per heavy atom. The molecule has 1 saturated heterocycles. The summed E-state index contributed by atoms with van der Waals surface area (Å²) in [7, 11) is 0. The molecule has 0 radical (unpaired) electrons. The summed E-state index contributed by atoms with van der Waals surface area (Å²) in [5.74, 6) is 0.510. The van der Waals surface area contributed by atoms with Gasteiger partial charge in [-0.3, -0.25) is 9.59 Å². The Morgan fingerprint density at radius 3 is 2.71 bits per heavy atom. The van der Waals surface area contributed by atoms with E-state index in [0.29, 0.717) is 19.7 Å². The van der Waals surface area contributed by atoms with Gasteiger partial charge in [-0.15, -0.1) is 0 Å². The Labute approximate surface area is 169 Å². The lowest BCUT2D eigenvalue weighted by Gasteiger charge is -2.39. The maximum atomic E-state index is 12.4. The van der Waals surface area contributed by atoms with Crippen LogP contribution >= 0.6 is 11.5 Å². The number of benzene rings is 1. The van der Waals surface area contributed by atoms with Gasteiger partial charge >= 0.3 is 5.97 Å². The Bertz CT molecular complexity index is 796. The number of rotatable bonds is 7. The van der Waals surface area contributed by atoms with Crippen LogP contribution in [0.2, 0.25) is 0 Å². The highest BCUT2D eigenvalue weighted by atomic mass is 32.1. The van der Waals surface area contributed by atoms with Crippen LogP contribution in [0.15, 0.2) is 30.3 Å². The van der Waals surface area contributed by atoms with E-state index in [2.05, 4.69) is 26.4 Å². The van der Waals surface area contributed by atoms with Gasteiger partial charge in [-0.25, -0.2) is 4.98 Å². The minimum atomic E-state index is -0.318. The van der Waals surface area contributed by atoms with Crippen LogP contribution in [0.25, 0.3) is 0 Å². The molecule has 1 fully saturated rings. The quantitative estimate of drug-likeness (QED) is 0.663. The van der Waals surface area contributed by atoms with Crippen LogP contribution in [0.3, 0.4) is 0 Å². The predicted molar refractivity (Wildman–Crippen MR) is 108 cm³/mol. The van der Waals surface area contributed by atoms with E-state index in [4.69, 9.17) is 4.74 Å². The summed E-state index contributed by atoms with van der Waals surface area (Å²) in [5.41, 5.74) is 1.19. The van der Waals surface area contributed by atoms with Crippen molar-refractivity contribution in [2.75, 3.05) is 31.1 Å². The summed E-state index contributed by atoms with van der Waals surface area (Å²) in [5, 5.41) is 0.899. The van der Waals surface area contributed by atoms with E-state index in [-0.39, 0.29) is 30.8 Å². The average Bonchev–Trinajstić information content (AvgIpc) is 3.15.